The maximum absolute atomic E-state index is 12.3. The van der Waals surface area contributed by atoms with E-state index in [4.69, 9.17) is 4.74 Å². The first-order chi connectivity index (χ1) is 21.1. The van der Waals surface area contributed by atoms with E-state index in [1.807, 2.05) is 36.7 Å². The normalized spacial score (nSPS) is 11.9. The lowest BCUT2D eigenvalue weighted by molar-refractivity contribution is -0.134. The molecule has 0 aliphatic rings. The van der Waals surface area contributed by atoms with E-state index in [1.165, 1.54) is 95.5 Å². The van der Waals surface area contributed by atoms with Crippen LogP contribution < -0.4 is 4.74 Å². The molecule has 0 aliphatic carbocycles. The summed E-state index contributed by atoms with van der Waals surface area (Å²) in [7, 11) is 0. The van der Waals surface area contributed by atoms with Gasteiger partial charge in [-0.25, -0.2) is 9.97 Å². The van der Waals surface area contributed by atoms with Gasteiger partial charge in [0, 0.05) is 29.9 Å². The van der Waals surface area contributed by atoms with E-state index < -0.39 is 0 Å². The van der Waals surface area contributed by atoms with Crippen molar-refractivity contribution in [2.75, 3.05) is 0 Å². The molecule has 3 rings (SSSR count). The van der Waals surface area contributed by atoms with Gasteiger partial charge < -0.3 is 4.74 Å². The van der Waals surface area contributed by atoms with Gasteiger partial charge in [0.25, 0.3) is 0 Å². The third kappa shape index (κ3) is 13.9. The standard InChI is InChI=1S/C39H56N2O2/c1-4-6-7-8-9-10-11-14-17-20-33-22-24-35(25-23-33)39-40-30-36(31-41-39)34-26-28-37(29-27-34)43-38(42)21-18-15-12-13-16-19-32(3)5-2/h22-32H,4-21H2,1-3H3. The number of rotatable bonds is 22. The van der Waals surface area contributed by atoms with Gasteiger partial charge in [0.05, 0.1) is 0 Å². The monoisotopic (exact) mass is 584 g/mol. The predicted molar refractivity (Wildman–Crippen MR) is 181 cm³/mol. The SMILES string of the molecule is CCCCCCCCCCCc1ccc(-c2ncc(-c3ccc(OC(=O)CCCCCCCC(C)CC)cc3)cn2)cc1. The number of carbonyl (C=O) groups is 1. The van der Waals surface area contributed by atoms with E-state index in [0.717, 1.165) is 47.7 Å². The van der Waals surface area contributed by atoms with E-state index in [1.54, 1.807) is 0 Å². The van der Waals surface area contributed by atoms with Crippen molar-refractivity contribution in [2.45, 2.75) is 136 Å². The molecule has 234 valence electrons. The molecule has 0 fully saturated rings. The lowest BCUT2D eigenvalue weighted by Gasteiger charge is -2.08. The highest BCUT2D eigenvalue weighted by Crippen LogP contribution is 2.24. The number of aryl methyl sites for hydroxylation is 1. The van der Waals surface area contributed by atoms with Crippen LogP contribution in [0.3, 0.4) is 0 Å². The zero-order chi connectivity index (χ0) is 30.5. The van der Waals surface area contributed by atoms with Crippen LogP contribution in [0.4, 0.5) is 0 Å². The second kappa shape index (κ2) is 20.8. The molecule has 43 heavy (non-hydrogen) atoms. The first-order valence-electron chi connectivity index (χ1n) is 17.3. The molecule has 2 aromatic carbocycles. The van der Waals surface area contributed by atoms with E-state index in [2.05, 4.69) is 55.0 Å². The number of ether oxygens (including phenoxy) is 1. The van der Waals surface area contributed by atoms with E-state index >= 15 is 0 Å². The smallest absolute Gasteiger partial charge is 0.311 e. The molecule has 0 N–H and O–H groups in total. The molecular formula is C39H56N2O2. The van der Waals surface area contributed by atoms with Crippen molar-refractivity contribution in [1.29, 1.82) is 0 Å². The van der Waals surface area contributed by atoms with Crippen LogP contribution in [-0.4, -0.2) is 15.9 Å². The highest BCUT2D eigenvalue weighted by atomic mass is 16.5. The molecule has 1 heterocycles. The molecule has 1 aromatic heterocycles. The van der Waals surface area contributed by atoms with Crippen LogP contribution in [0.5, 0.6) is 5.75 Å². The van der Waals surface area contributed by atoms with Crippen LogP contribution in [-0.2, 0) is 11.2 Å². The molecule has 0 saturated carbocycles. The van der Waals surface area contributed by atoms with Crippen molar-refractivity contribution in [3.05, 3.63) is 66.5 Å². The third-order valence-electron chi connectivity index (χ3n) is 8.63. The van der Waals surface area contributed by atoms with Crippen LogP contribution in [0.1, 0.15) is 135 Å². The molecule has 0 bridgehead atoms. The summed E-state index contributed by atoms with van der Waals surface area (Å²) in [6.45, 7) is 6.86. The summed E-state index contributed by atoms with van der Waals surface area (Å²) in [6.07, 6.45) is 25.9. The number of hydrogen-bond donors (Lipinski definition) is 0. The number of esters is 1. The second-order valence-corrected chi connectivity index (χ2v) is 12.4. The number of hydrogen-bond acceptors (Lipinski definition) is 4. The van der Waals surface area contributed by atoms with Gasteiger partial charge in [-0.1, -0.05) is 147 Å². The van der Waals surface area contributed by atoms with Crippen LogP contribution >= 0.6 is 0 Å². The first kappa shape index (κ1) is 34.5. The summed E-state index contributed by atoms with van der Waals surface area (Å²) in [5.74, 6) is 2.00. The number of unbranched alkanes of at least 4 members (excludes halogenated alkanes) is 12. The van der Waals surface area contributed by atoms with E-state index in [9.17, 15) is 4.79 Å². The zero-order valence-corrected chi connectivity index (χ0v) is 27.3. The lowest BCUT2D eigenvalue weighted by atomic mass is 10.00. The zero-order valence-electron chi connectivity index (χ0n) is 27.3. The second-order valence-electron chi connectivity index (χ2n) is 12.4. The first-order valence-corrected chi connectivity index (χ1v) is 17.3. The summed E-state index contributed by atoms with van der Waals surface area (Å²) in [5, 5.41) is 0. The Morgan fingerprint density at radius 3 is 1.84 bits per heavy atom. The Morgan fingerprint density at radius 1 is 0.651 bits per heavy atom. The number of carbonyl (C=O) groups excluding carboxylic acids is 1. The number of aromatic nitrogens is 2. The number of benzene rings is 2. The predicted octanol–water partition coefficient (Wildman–Crippen LogP) is 11.6. The highest BCUT2D eigenvalue weighted by molar-refractivity contribution is 5.73. The van der Waals surface area contributed by atoms with Gasteiger partial charge in [0.15, 0.2) is 5.82 Å². The molecule has 4 heteroatoms. The Hall–Kier alpha value is -3.01. The Morgan fingerprint density at radius 2 is 1.21 bits per heavy atom. The lowest BCUT2D eigenvalue weighted by Crippen LogP contribution is -2.07. The molecule has 4 nitrogen and oxygen atoms in total. The Balaban J connectivity index is 1.35. The number of nitrogens with zero attached hydrogens (tertiary/aromatic N) is 2. The van der Waals surface area contributed by atoms with E-state index in [-0.39, 0.29) is 5.97 Å². The molecule has 0 radical (unpaired) electrons. The highest BCUT2D eigenvalue weighted by Gasteiger charge is 2.08. The maximum atomic E-state index is 12.3. The Bertz CT molecular complexity index is 1140. The van der Waals surface area contributed by atoms with Gasteiger partial charge >= 0.3 is 5.97 Å². The van der Waals surface area contributed by atoms with Gasteiger partial charge in [-0.05, 0) is 48.4 Å². The Kier molecular flexibility index (Phi) is 16.7. The van der Waals surface area contributed by atoms with Gasteiger partial charge in [0.2, 0.25) is 0 Å². The minimum absolute atomic E-state index is 0.153. The van der Waals surface area contributed by atoms with Crippen LogP contribution in [0.15, 0.2) is 60.9 Å². The fourth-order valence-electron chi connectivity index (χ4n) is 5.48. The minimum atomic E-state index is -0.153. The van der Waals surface area contributed by atoms with E-state index in [0.29, 0.717) is 12.2 Å². The van der Waals surface area contributed by atoms with Crippen molar-refractivity contribution >= 4 is 5.97 Å². The minimum Gasteiger partial charge on any atom is -0.427 e. The summed E-state index contributed by atoms with van der Waals surface area (Å²) < 4.78 is 5.55. The van der Waals surface area contributed by atoms with Crippen molar-refractivity contribution in [2.24, 2.45) is 5.92 Å². The molecule has 0 spiro atoms. The van der Waals surface area contributed by atoms with Crippen LogP contribution in [0.25, 0.3) is 22.5 Å². The Labute approximate surface area is 262 Å². The molecule has 1 unspecified atom stereocenters. The largest absolute Gasteiger partial charge is 0.427 e. The van der Waals surface area contributed by atoms with Gasteiger partial charge in [0.1, 0.15) is 5.75 Å². The average molecular weight is 585 g/mol. The van der Waals surface area contributed by atoms with Crippen molar-refractivity contribution in [3.8, 4) is 28.3 Å². The summed E-state index contributed by atoms with van der Waals surface area (Å²) in [5.41, 5.74) is 4.37. The molecule has 0 amide bonds. The quantitative estimate of drug-likeness (QED) is 0.0669. The van der Waals surface area contributed by atoms with Gasteiger partial charge in [-0.2, -0.15) is 0 Å². The molecular weight excluding hydrogens is 528 g/mol. The van der Waals surface area contributed by atoms with Crippen LogP contribution in [0.2, 0.25) is 0 Å². The summed E-state index contributed by atoms with van der Waals surface area (Å²) in [4.78, 5) is 21.5. The molecule has 1 atom stereocenters. The van der Waals surface area contributed by atoms with Crippen molar-refractivity contribution in [3.63, 3.8) is 0 Å². The van der Waals surface area contributed by atoms with Gasteiger partial charge in [-0.3, -0.25) is 4.79 Å². The molecule has 0 saturated heterocycles. The topological polar surface area (TPSA) is 52.1 Å². The molecule has 3 aromatic rings. The summed E-state index contributed by atoms with van der Waals surface area (Å²) in [6, 6.07) is 16.3. The van der Waals surface area contributed by atoms with Gasteiger partial charge in [-0.15, -0.1) is 0 Å². The third-order valence-corrected chi connectivity index (χ3v) is 8.63. The maximum Gasteiger partial charge on any atom is 0.311 e. The fourth-order valence-corrected chi connectivity index (χ4v) is 5.48. The average Bonchev–Trinajstić information content (AvgIpc) is 3.04. The summed E-state index contributed by atoms with van der Waals surface area (Å²) >= 11 is 0. The van der Waals surface area contributed by atoms with Crippen LogP contribution in [0, 0.1) is 5.92 Å². The van der Waals surface area contributed by atoms with Crippen molar-refractivity contribution < 1.29 is 9.53 Å². The van der Waals surface area contributed by atoms with Crippen molar-refractivity contribution in [1.82, 2.24) is 9.97 Å². The molecule has 0 aliphatic heterocycles. The fraction of sp³-hybridized carbons (Fsp3) is 0.564.